The number of carbonyl (C=O) groups is 1. The third-order valence-corrected chi connectivity index (χ3v) is 3.98. The summed E-state index contributed by atoms with van der Waals surface area (Å²) in [4.78, 5) is 16.6. The summed E-state index contributed by atoms with van der Waals surface area (Å²) in [6.45, 7) is 0.991. The van der Waals surface area contributed by atoms with Crippen LogP contribution in [0.25, 0.3) is 11.3 Å². The van der Waals surface area contributed by atoms with E-state index >= 15 is 0 Å². The Labute approximate surface area is 149 Å². The molecule has 6 heteroatoms. The molecule has 1 N–H and O–H groups in total. The Kier molecular flexibility index (Phi) is 4.23. The van der Waals surface area contributed by atoms with Crippen molar-refractivity contribution in [2.75, 3.05) is 18.5 Å². The molecule has 0 fully saturated rings. The molecule has 1 aromatic heterocycles. The lowest BCUT2D eigenvalue weighted by Crippen LogP contribution is -2.16. The highest BCUT2D eigenvalue weighted by Gasteiger charge is 2.14. The topological polar surface area (TPSA) is 60.5 Å². The third-order valence-electron chi connectivity index (χ3n) is 3.98. The van der Waals surface area contributed by atoms with Crippen LogP contribution >= 0.6 is 0 Å². The van der Waals surface area contributed by atoms with E-state index in [4.69, 9.17) is 9.47 Å². The Morgan fingerprint density at radius 2 is 1.81 bits per heavy atom. The lowest BCUT2D eigenvalue weighted by Gasteiger charge is -2.19. The molecular formula is C20H15FN2O3. The number of rotatable bonds is 3. The summed E-state index contributed by atoms with van der Waals surface area (Å²) >= 11 is 0. The first-order valence-corrected chi connectivity index (χ1v) is 8.13. The van der Waals surface area contributed by atoms with Crippen molar-refractivity contribution in [3.63, 3.8) is 0 Å². The summed E-state index contributed by atoms with van der Waals surface area (Å²) in [7, 11) is 0. The molecule has 2 aromatic carbocycles. The summed E-state index contributed by atoms with van der Waals surface area (Å²) in [6.07, 6.45) is 1.43. The van der Waals surface area contributed by atoms with Crippen molar-refractivity contribution in [2.24, 2.45) is 0 Å². The third kappa shape index (κ3) is 3.21. The summed E-state index contributed by atoms with van der Waals surface area (Å²) in [5.41, 5.74) is 1.84. The molecule has 0 atom stereocenters. The van der Waals surface area contributed by atoms with Crippen molar-refractivity contribution in [3.05, 3.63) is 72.2 Å². The smallest absolute Gasteiger partial charge is 0.257 e. The van der Waals surface area contributed by atoms with Gasteiger partial charge in [0.05, 0.1) is 11.3 Å². The largest absolute Gasteiger partial charge is 0.486 e. The predicted octanol–water partition coefficient (Wildman–Crippen LogP) is 3.91. The second-order valence-corrected chi connectivity index (χ2v) is 5.72. The van der Waals surface area contributed by atoms with E-state index in [2.05, 4.69) is 10.3 Å². The van der Waals surface area contributed by atoms with E-state index in [-0.39, 0.29) is 11.7 Å². The van der Waals surface area contributed by atoms with Crippen molar-refractivity contribution >= 4 is 11.6 Å². The Morgan fingerprint density at radius 1 is 1.00 bits per heavy atom. The van der Waals surface area contributed by atoms with Crippen molar-refractivity contribution in [2.45, 2.75) is 0 Å². The van der Waals surface area contributed by atoms with Crippen molar-refractivity contribution < 1.29 is 18.7 Å². The molecule has 5 nitrogen and oxygen atoms in total. The molecule has 1 amide bonds. The zero-order valence-electron chi connectivity index (χ0n) is 13.7. The highest BCUT2D eigenvalue weighted by atomic mass is 19.1. The van der Waals surface area contributed by atoms with Gasteiger partial charge in [0.15, 0.2) is 11.5 Å². The standard InChI is InChI=1S/C20H15FN2O3/c21-16-4-2-1-3-15(16)17-7-5-13(12-22-17)20(24)23-14-6-8-18-19(11-14)26-10-9-25-18/h1-8,11-12H,9-10H2,(H,23,24). The average molecular weight is 350 g/mol. The van der Waals surface area contributed by atoms with Gasteiger partial charge >= 0.3 is 0 Å². The zero-order chi connectivity index (χ0) is 17.9. The number of benzene rings is 2. The van der Waals surface area contributed by atoms with Crippen LogP contribution in [0.15, 0.2) is 60.8 Å². The number of hydrogen-bond donors (Lipinski definition) is 1. The van der Waals surface area contributed by atoms with E-state index < -0.39 is 0 Å². The minimum absolute atomic E-state index is 0.311. The van der Waals surface area contributed by atoms with Crippen LogP contribution in [0.1, 0.15) is 10.4 Å². The Balaban J connectivity index is 1.51. The Morgan fingerprint density at radius 3 is 2.58 bits per heavy atom. The molecule has 26 heavy (non-hydrogen) atoms. The first kappa shape index (κ1) is 16.1. The highest BCUT2D eigenvalue weighted by molar-refractivity contribution is 6.04. The maximum absolute atomic E-state index is 13.8. The molecule has 1 aliphatic heterocycles. The van der Waals surface area contributed by atoms with E-state index in [1.165, 1.54) is 12.3 Å². The van der Waals surface area contributed by atoms with Crippen LogP contribution < -0.4 is 14.8 Å². The minimum Gasteiger partial charge on any atom is -0.486 e. The van der Waals surface area contributed by atoms with Gasteiger partial charge in [-0.05, 0) is 36.4 Å². The van der Waals surface area contributed by atoms with Gasteiger partial charge in [-0.3, -0.25) is 9.78 Å². The van der Waals surface area contributed by atoms with Crippen LogP contribution in [0.5, 0.6) is 11.5 Å². The molecule has 0 saturated carbocycles. The average Bonchev–Trinajstić information content (AvgIpc) is 2.68. The van der Waals surface area contributed by atoms with Gasteiger partial charge < -0.3 is 14.8 Å². The van der Waals surface area contributed by atoms with Crippen molar-refractivity contribution in [3.8, 4) is 22.8 Å². The van der Waals surface area contributed by atoms with Gasteiger partial charge in [0.25, 0.3) is 5.91 Å². The summed E-state index contributed by atoms with van der Waals surface area (Å²) in [6, 6.07) is 14.8. The first-order valence-electron chi connectivity index (χ1n) is 8.13. The molecule has 0 saturated heterocycles. The van der Waals surface area contributed by atoms with E-state index in [0.29, 0.717) is 47.2 Å². The van der Waals surface area contributed by atoms with E-state index in [0.717, 1.165) is 0 Å². The molecule has 4 rings (SSSR count). The van der Waals surface area contributed by atoms with Gasteiger partial charge in [-0.25, -0.2) is 4.39 Å². The van der Waals surface area contributed by atoms with Crippen LogP contribution in [0.3, 0.4) is 0 Å². The molecule has 1 aliphatic rings. The molecule has 0 spiro atoms. The number of nitrogens with one attached hydrogen (secondary N) is 1. The molecule has 0 radical (unpaired) electrons. The van der Waals surface area contributed by atoms with Crippen LogP contribution in [-0.2, 0) is 0 Å². The molecular weight excluding hydrogens is 335 g/mol. The van der Waals surface area contributed by atoms with E-state index in [9.17, 15) is 9.18 Å². The summed E-state index contributed by atoms with van der Waals surface area (Å²) < 4.78 is 24.8. The lowest BCUT2D eigenvalue weighted by atomic mass is 10.1. The number of anilines is 1. The van der Waals surface area contributed by atoms with Crippen molar-refractivity contribution in [1.82, 2.24) is 4.98 Å². The number of nitrogens with zero attached hydrogens (tertiary/aromatic N) is 1. The monoisotopic (exact) mass is 350 g/mol. The SMILES string of the molecule is O=C(Nc1ccc2c(c1)OCCO2)c1ccc(-c2ccccc2F)nc1. The van der Waals surface area contributed by atoms with Gasteiger partial charge in [-0.1, -0.05) is 12.1 Å². The molecule has 0 aliphatic carbocycles. The number of fused-ring (bicyclic) bond motifs is 1. The molecule has 3 aromatic rings. The Bertz CT molecular complexity index is 958. The molecule has 0 unspecified atom stereocenters. The highest BCUT2D eigenvalue weighted by Crippen LogP contribution is 2.32. The second-order valence-electron chi connectivity index (χ2n) is 5.72. The summed E-state index contributed by atoms with van der Waals surface area (Å²) in [5, 5.41) is 2.79. The number of ether oxygens (including phenoxy) is 2. The minimum atomic E-state index is -0.353. The van der Waals surface area contributed by atoms with Crippen LogP contribution in [0, 0.1) is 5.82 Å². The van der Waals surface area contributed by atoms with E-state index in [1.807, 2.05) is 0 Å². The fourth-order valence-corrected chi connectivity index (χ4v) is 2.68. The second kappa shape index (κ2) is 6.84. The van der Waals surface area contributed by atoms with Gasteiger partial charge in [-0.2, -0.15) is 0 Å². The maximum Gasteiger partial charge on any atom is 0.257 e. The van der Waals surface area contributed by atoms with Crippen molar-refractivity contribution in [1.29, 1.82) is 0 Å². The zero-order valence-corrected chi connectivity index (χ0v) is 13.7. The van der Waals surface area contributed by atoms with Gasteiger partial charge in [0, 0.05) is 23.5 Å². The van der Waals surface area contributed by atoms with Gasteiger partial charge in [0.1, 0.15) is 19.0 Å². The van der Waals surface area contributed by atoms with Gasteiger partial charge in [-0.15, -0.1) is 0 Å². The van der Waals surface area contributed by atoms with Crippen LogP contribution in [0.4, 0.5) is 10.1 Å². The number of carbonyl (C=O) groups excluding carboxylic acids is 1. The molecule has 0 bridgehead atoms. The quantitative estimate of drug-likeness (QED) is 0.778. The normalized spacial score (nSPS) is 12.5. The maximum atomic E-state index is 13.8. The van der Waals surface area contributed by atoms with Crippen LogP contribution in [-0.4, -0.2) is 24.1 Å². The number of halogens is 1. The molecule has 130 valence electrons. The molecule has 2 heterocycles. The number of aromatic nitrogens is 1. The first-order chi connectivity index (χ1) is 12.7. The number of amides is 1. The Hall–Kier alpha value is -3.41. The van der Waals surface area contributed by atoms with Crippen LogP contribution in [0.2, 0.25) is 0 Å². The summed E-state index contributed by atoms with van der Waals surface area (Å²) in [5.74, 6) is 0.593. The predicted molar refractivity (Wildman–Crippen MR) is 95.0 cm³/mol. The fourth-order valence-electron chi connectivity index (χ4n) is 2.68. The number of pyridine rings is 1. The van der Waals surface area contributed by atoms with Gasteiger partial charge in [0.2, 0.25) is 0 Å². The lowest BCUT2D eigenvalue weighted by molar-refractivity contribution is 0.102. The fraction of sp³-hybridized carbons (Fsp3) is 0.100. The number of hydrogen-bond acceptors (Lipinski definition) is 4. The van der Waals surface area contributed by atoms with E-state index in [1.54, 1.807) is 48.5 Å².